The Labute approximate surface area is 151 Å². The molecule has 5 heteroatoms. The molecular weight excluding hydrogens is 314 g/mol. The number of hydrogen-bond acceptors (Lipinski definition) is 3. The van der Waals surface area contributed by atoms with E-state index in [9.17, 15) is 4.79 Å². The highest BCUT2D eigenvalue weighted by atomic mass is 16.5. The third-order valence-corrected chi connectivity index (χ3v) is 5.78. The first-order valence-electron chi connectivity index (χ1n) is 9.71. The predicted octanol–water partition coefficient (Wildman–Crippen LogP) is 1.24. The minimum Gasteiger partial charge on any atom is -0.497 e. The summed E-state index contributed by atoms with van der Waals surface area (Å²) in [5.74, 6) is 1.13. The van der Waals surface area contributed by atoms with Gasteiger partial charge in [0.25, 0.3) is 5.91 Å². The summed E-state index contributed by atoms with van der Waals surface area (Å²) in [6.45, 7) is 6.02. The molecule has 5 nitrogen and oxygen atoms in total. The molecule has 1 heterocycles. The molecule has 0 unspecified atom stereocenters. The zero-order valence-corrected chi connectivity index (χ0v) is 15.6. The number of nitrogens with zero attached hydrogens (tertiary/aromatic N) is 1. The van der Waals surface area contributed by atoms with Crippen LogP contribution >= 0.6 is 0 Å². The summed E-state index contributed by atoms with van der Waals surface area (Å²) < 4.78 is 5.32. The molecule has 1 aliphatic carbocycles. The summed E-state index contributed by atoms with van der Waals surface area (Å²) in [4.78, 5) is 16.4. The van der Waals surface area contributed by atoms with Crippen molar-refractivity contribution in [3.63, 3.8) is 0 Å². The van der Waals surface area contributed by atoms with Gasteiger partial charge in [0.15, 0.2) is 6.04 Å². The van der Waals surface area contributed by atoms with Crippen molar-refractivity contribution in [1.29, 1.82) is 0 Å². The third-order valence-electron chi connectivity index (χ3n) is 5.78. The fraction of sp³-hybridized carbons (Fsp3) is 0.650. The number of nitrogens with one attached hydrogen (secondary N) is 2. The highest BCUT2D eigenvalue weighted by Gasteiger charge is 2.30. The average Bonchev–Trinajstić information content (AvgIpc) is 2.68. The van der Waals surface area contributed by atoms with Gasteiger partial charge in [-0.05, 0) is 31.9 Å². The van der Waals surface area contributed by atoms with Gasteiger partial charge in [0, 0.05) is 17.8 Å². The maximum absolute atomic E-state index is 12.6. The molecule has 25 heavy (non-hydrogen) atoms. The first-order valence-corrected chi connectivity index (χ1v) is 9.71. The summed E-state index contributed by atoms with van der Waals surface area (Å²) in [7, 11) is 1.70. The SMILES string of the molecule is COc1cccc(N2CC[NH+]([C@@H](C)C(=O)NC3CCCCC3)CC2)c1. The largest absolute Gasteiger partial charge is 0.497 e. The first-order chi connectivity index (χ1) is 12.2. The molecular formula is C20H32N3O2+. The molecule has 0 bridgehead atoms. The van der Waals surface area contributed by atoms with Crippen LogP contribution in [0.1, 0.15) is 39.0 Å². The molecule has 1 saturated carbocycles. The molecule has 1 aromatic carbocycles. The van der Waals surface area contributed by atoms with Gasteiger partial charge in [-0.1, -0.05) is 25.3 Å². The summed E-state index contributed by atoms with van der Waals surface area (Å²) in [5.41, 5.74) is 1.21. The van der Waals surface area contributed by atoms with Gasteiger partial charge >= 0.3 is 0 Å². The van der Waals surface area contributed by atoms with Crippen LogP contribution in [0.2, 0.25) is 0 Å². The van der Waals surface area contributed by atoms with E-state index in [1.54, 1.807) is 7.11 Å². The normalized spacial score (nSPS) is 21.0. The number of carbonyl (C=O) groups excluding carboxylic acids is 1. The van der Waals surface area contributed by atoms with Gasteiger partial charge < -0.3 is 19.9 Å². The molecule has 0 spiro atoms. The number of carbonyl (C=O) groups is 1. The molecule has 1 atom stereocenters. The number of quaternary nitrogens is 1. The number of methoxy groups -OCH3 is 1. The number of amides is 1. The number of hydrogen-bond donors (Lipinski definition) is 2. The lowest BCUT2D eigenvalue weighted by Gasteiger charge is -2.36. The van der Waals surface area contributed by atoms with Crippen molar-refractivity contribution < 1.29 is 14.4 Å². The van der Waals surface area contributed by atoms with E-state index < -0.39 is 0 Å². The molecule has 0 radical (unpaired) electrons. The Kier molecular flexibility index (Phi) is 6.19. The van der Waals surface area contributed by atoms with Crippen molar-refractivity contribution in [3.05, 3.63) is 24.3 Å². The van der Waals surface area contributed by atoms with Crippen LogP contribution in [0.5, 0.6) is 5.75 Å². The van der Waals surface area contributed by atoms with Crippen LogP contribution in [0.3, 0.4) is 0 Å². The van der Waals surface area contributed by atoms with E-state index in [1.165, 1.54) is 29.8 Å². The molecule has 2 N–H and O–H groups in total. The van der Waals surface area contributed by atoms with Crippen molar-refractivity contribution in [1.82, 2.24) is 5.32 Å². The van der Waals surface area contributed by atoms with E-state index >= 15 is 0 Å². The van der Waals surface area contributed by atoms with E-state index in [-0.39, 0.29) is 11.9 Å². The maximum atomic E-state index is 12.6. The van der Waals surface area contributed by atoms with Crippen LogP contribution in [-0.4, -0.2) is 51.3 Å². The second-order valence-corrected chi connectivity index (χ2v) is 7.41. The monoisotopic (exact) mass is 346 g/mol. The van der Waals surface area contributed by atoms with Crippen molar-refractivity contribution >= 4 is 11.6 Å². The Morgan fingerprint density at radius 3 is 2.64 bits per heavy atom. The van der Waals surface area contributed by atoms with Gasteiger partial charge in [-0.15, -0.1) is 0 Å². The predicted molar refractivity (Wildman–Crippen MR) is 100 cm³/mol. The van der Waals surface area contributed by atoms with Crippen LogP contribution in [0.25, 0.3) is 0 Å². The van der Waals surface area contributed by atoms with Gasteiger partial charge in [-0.25, -0.2) is 0 Å². The smallest absolute Gasteiger partial charge is 0.278 e. The molecule has 1 aromatic rings. The fourth-order valence-corrected chi connectivity index (χ4v) is 4.05. The minimum atomic E-state index is 0.0365. The van der Waals surface area contributed by atoms with Crippen molar-refractivity contribution in [3.8, 4) is 5.75 Å². The zero-order valence-electron chi connectivity index (χ0n) is 15.6. The zero-order chi connectivity index (χ0) is 17.6. The second kappa shape index (κ2) is 8.56. The first kappa shape index (κ1) is 18.1. The molecule has 2 fully saturated rings. The van der Waals surface area contributed by atoms with Crippen LogP contribution in [0.15, 0.2) is 24.3 Å². The lowest BCUT2D eigenvalue weighted by atomic mass is 9.95. The highest BCUT2D eigenvalue weighted by molar-refractivity contribution is 5.80. The maximum Gasteiger partial charge on any atom is 0.278 e. The van der Waals surface area contributed by atoms with E-state index in [0.717, 1.165) is 44.8 Å². The average molecular weight is 346 g/mol. The Morgan fingerprint density at radius 1 is 1.24 bits per heavy atom. The quantitative estimate of drug-likeness (QED) is 0.843. The number of anilines is 1. The summed E-state index contributed by atoms with van der Waals surface area (Å²) in [5, 5.41) is 3.28. The number of benzene rings is 1. The minimum absolute atomic E-state index is 0.0365. The second-order valence-electron chi connectivity index (χ2n) is 7.41. The number of piperazine rings is 1. The van der Waals surface area contributed by atoms with Gasteiger partial charge in [-0.2, -0.15) is 0 Å². The van der Waals surface area contributed by atoms with E-state index in [4.69, 9.17) is 4.74 Å². The van der Waals surface area contributed by atoms with Gasteiger partial charge in [0.2, 0.25) is 0 Å². The third kappa shape index (κ3) is 4.66. The number of rotatable bonds is 5. The summed E-state index contributed by atoms with van der Waals surface area (Å²) in [6, 6.07) is 8.67. The van der Waals surface area contributed by atoms with Gasteiger partial charge in [0.05, 0.1) is 33.3 Å². The number of ether oxygens (including phenoxy) is 1. The van der Waals surface area contributed by atoms with Crippen LogP contribution < -0.4 is 19.9 Å². The Hall–Kier alpha value is -1.75. The molecule has 0 aromatic heterocycles. The molecule has 1 aliphatic heterocycles. The van der Waals surface area contributed by atoms with Gasteiger partial charge in [0.1, 0.15) is 5.75 Å². The van der Waals surface area contributed by atoms with Crippen LogP contribution in [0, 0.1) is 0 Å². The van der Waals surface area contributed by atoms with Crippen molar-refractivity contribution in [2.24, 2.45) is 0 Å². The fourth-order valence-electron chi connectivity index (χ4n) is 4.05. The topological polar surface area (TPSA) is 46.0 Å². The van der Waals surface area contributed by atoms with Gasteiger partial charge in [-0.3, -0.25) is 4.79 Å². The summed E-state index contributed by atoms with van der Waals surface area (Å²) in [6.07, 6.45) is 6.13. The lowest BCUT2D eigenvalue weighted by Crippen LogP contribution is -3.19. The molecule has 3 rings (SSSR count). The Balaban J connectivity index is 1.49. The standard InChI is InChI=1S/C20H31N3O2/c1-16(20(24)21-17-7-4-3-5-8-17)22-11-13-23(14-12-22)18-9-6-10-19(15-18)25-2/h6,9-10,15-17H,3-5,7-8,11-14H2,1-2H3,(H,21,24)/p+1/t16-/m0/s1. The van der Waals surface area contributed by atoms with Crippen molar-refractivity contribution in [2.75, 3.05) is 38.2 Å². The van der Waals surface area contributed by atoms with E-state index in [1.807, 2.05) is 12.1 Å². The Morgan fingerprint density at radius 2 is 1.96 bits per heavy atom. The molecule has 1 amide bonds. The van der Waals surface area contributed by atoms with E-state index in [2.05, 4.69) is 29.3 Å². The lowest BCUT2D eigenvalue weighted by molar-refractivity contribution is -0.914. The molecule has 1 saturated heterocycles. The molecule has 2 aliphatic rings. The van der Waals surface area contributed by atoms with E-state index in [0.29, 0.717) is 6.04 Å². The van der Waals surface area contributed by atoms with Crippen LogP contribution in [-0.2, 0) is 4.79 Å². The van der Waals surface area contributed by atoms with Crippen LogP contribution in [0.4, 0.5) is 5.69 Å². The Bertz CT molecular complexity index is 564. The highest BCUT2D eigenvalue weighted by Crippen LogP contribution is 2.21. The molecule has 138 valence electrons. The van der Waals surface area contributed by atoms with Crippen molar-refractivity contribution in [2.45, 2.75) is 51.1 Å². The summed E-state index contributed by atoms with van der Waals surface area (Å²) >= 11 is 0.